The van der Waals surface area contributed by atoms with Crippen LogP contribution >= 0.6 is 0 Å². The van der Waals surface area contributed by atoms with Crippen LogP contribution in [-0.4, -0.2) is 15.8 Å². The van der Waals surface area contributed by atoms with Gasteiger partial charge in [0.1, 0.15) is 0 Å². The molecule has 0 amide bonds. The Hall–Kier alpha value is -1.90. The molecule has 0 spiro atoms. The molecule has 0 aliphatic rings. The summed E-state index contributed by atoms with van der Waals surface area (Å²) >= 11 is 0. The molecule has 0 fully saturated rings. The summed E-state index contributed by atoms with van der Waals surface area (Å²) < 4.78 is 1.88. The minimum Gasteiger partial charge on any atom is -0.318 e. The fourth-order valence-electron chi connectivity index (χ4n) is 1.62. The van der Waals surface area contributed by atoms with Crippen molar-refractivity contribution in [3.8, 4) is 0 Å². The van der Waals surface area contributed by atoms with E-state index in [-0.39, 0.29) is 0 Å². The number of hydrogen-bond donors (Lipinski definition) is 0. The molecule has 0 saturated heterocycles. The highest BCUT2D eigenvalue weighted by Gasteiger charge is 2.08. The van der Waals surface area contributed by atoms with E-state index in [9.17, 15) is 4.79 Å². The van der Waals surface area contributed by atoms with Crippen molar-refractivity contribution < 1.29 is 4.79 Å². The van der Waals surface area contributed by atoms with Crippen molar-refractivity contribution in [3.63, 3.8) is 0 Å². The van der Waals surface area contributed by atoms with Crippen LogP contribution in [0.1, 0.15) is 17.5 Å². The van der Waals surface area contributed by atoms with E-state index in [1.807, 2.05) is 35.8 Å². The first kappa shape index (κ1) is 9.65. The van der Waals surface area contributed by atoms with Gasteiger partial charge in [0, 0.05) is 6.54 Å². The van der Waals surface area contributed by atoms with Crippen LogP contribution in [0, 0.1) is 0 Å². The maximum Gasteiger partial charge on any atom is 0.185 e. The number of nitrogens with zero attached hydrogens (tertiary/aromatic N) is 2. The van der Waals surface area contributed by atoms with Gasteiger partial charge in [0.15, 0.2) is 12.1 Å². The summed E-state index contributed by atoms with van der Waals surface area (Å²) in [6.07, 6.45) is 0.781. The molecule has 0 radical (unpaired) electrons. The molecular formula is C12H12N2O. The summed E-state index contributed by atoms with van der Waals surface area (Å²) in [5.74, 6) is 0.458. The maximum atomic E-state index is 10.9. The van der Waals surface area contributed by atoms with Crippen LogP contribution in [0.5, 0.6) is 0 Å². The predicted molar refractivity (Wildman–Crippen MR) is 59.9 cm³/mol. The molecule has 3 heteroatoms. The second kappa shape index (κ2) is 3.69. The molecule has 0 aliphatic heterocycles. The standard InChI is InChI=1S/C12H12N2O/c1-9(2)7-14-11-6-4-3-5-10(11)13-12(14)8-15/h3-6,8H,1,7H2,2H3. The molecule has 0 saturated carbocycles. The Bertz CT molecular complexity index is 525. The fraction of sp³-hybridized carbons (Fsp3) is 0.167. The molecule has 0 atom stereocenters. The summed E-state index contributed by atoms with van der Waals surface area (Å²) in [6, 6.07) is 7.71. The Kier molecular flexibility index (Phi) is 2.37. The number of allylic oxidation sites excluding steroid dienone is 1. The lowest BCUT2D eigenvalue weighted by Crippen LogP contribution is -2.03. The third-order valence-corrected chi connectivity index (χ3v) is 2.22. The minimum atomic E-state index is 0.458. The van der Waals surface area contributed by atoms with Gasteiger partial charge in [-0.25, -0.2) is 4.98 Å². The first-order valence-electron chi connectivity index (χ1n) is 4.77. The SMILES string of the molecule is C=C(C)Cn1c(C=O)nc2ccccc21. The zero-order chi connectivity index (χ0) is 10.8. The van der Waals surface area contributed by atoms with Gasteiger partial charge in [-0.05, 0) is 19.1 Å². The minimum absolute atomic E-state index is 0.458. The van der Waals surface area contributed by atoms with Gasteiger partial charge >= 0.3 is 0 Å². The molecular weight excluding hydrogens is 188 g/mol. The maximum absolute atomic E-state index is 10.9. The van der Waals surface area contributed by atoms with Gasteiger partial charge in [-0.1, -0.05) is 24.3 Å². The molecule has 1 heterocycles. The number of aromatic nitrogens is 2. The molecule has 3 nitrogen and oxygen atoms in total. The Morgan fingerprint density at radius 3 is 2.93 bits per heavy atom. The number of imidazole rings is 1. The Labute approximate surface area is 88.0 Å². The van der Waals surface area contributed by atoms with Crippen LogP contribution < -0.4 is 0 Å². The lowest BCUT2D eigenvalue weighted by Gasteiger charge is -2.04. The summed E-state index contributed by atoms with van der Waals surface area (Å²) in [4.78, 5) is 15.1. The monoisotopic (exact) mass is 200 g/mol. The second-order valence-corrected chi connectivity index (χ2v) is 3.62. The number of para-hydroxylation sites is 2. The number of carbonyl (C=O) groups excluding carboxylic acids is 1. The smallest absolute Gasteiger partial charge is 0.185 e. The van der Waals surface area contributed by atoms with Crippen molar-refractivity contribution in [2.24, 2.45) is 0 Å². The van der Waals surface area contributed by atoms with Crippen molar-refractivity contribution in [2.45, 2.75) is 13.5 Å². The molecule has 1 aromatic carbocycles. The lowest BCUT2D eigenvalue weighted by atomic mass is 10.3. The van der Waals surface area contributed by atoms with Crippen molar-refractivity contribution in [3.05, 3.63) is 42.2 Å². The fourth-order valence-corrected chi connectivity index (χ4v) is 1.62. The summed E-state index contributed by atoms with van der Waals surface area (Å²) in [7, 11) is 0. The van der Waals surface area contributed by atoms with E-state index in [1.165, 1.54) is 0 Å². The number of rotatable bonds is 3. The highest BCUT2D eigenvalue weighted by atomic mass is 16.1. The van der Waals surface area contributed by atoms with Crippen LogP contribution in [0.25, 0.3) is 11.0 Å². The van der Waals surface area contributed by atoms with Gasteiger partial charge in [0.05, 0.1) is 11.0 Å². The van der Waals surface area contributed by atoms with Crippen molar-refractivity contribution >= 4 is 17.3 Å². The number of hydrogen-bond acceptors (Lipinski definition) is 2. The molecule has 0 aliphatic carbocycles. The Morgan fingerprint density at radius 1 is 1.53 bits per heavy atom. The number of fused-ring (bicyclic) bond motifs is 1. The van der Waals surface area contributed by atoms with Crippen molar-refractivity contribution in [2.75, 3.05) is 0 Å². The molecule has 1 aromatic heterocycles. The number of carbonyl (C=O) groups is 1. The average Bonchev–Trinajstić information content (AvgIpc) is 2.56. The Balaban J connectivity index is 2.66. The van der Waals surface area contributed by atoms with Gasteiger partial charge in [0.2, 0.25) is 0 Å². The van der Waals surface area contributed by atoms with Crippen LogP contribution in [0.3, 0.4) is 0 Å². The van der Waals surface area contributed by atoms with Crippen LogP contribution in [0.15, 0.2) is 36.4 Å². The Morgan fingerprint density at radius 2 is 2.27 bits per heavy atom. The average molecular weight is 200 g/mol. The van der Waals surface area contributed by atoms with Gasteiger partial charge in [-0.3, -0.25) is 4.79 Å². The first-order chi connectivity index (χ1) is 7.22. The molecule has 0 bridgehead atoms. The van der Waals surface area contributed by atoms with E-state index in [4.69, 9.17) is 0 Å². The van der Waals surface area contributed by atoms with Gasteiger partial charge in [0.25, 0.3) is 0 Å². The molecule has 15 heavy (non-hydrogen) atoms. The topological polar surface area (TPSA) is 34.9 Å². The van der Waals surface area contributed by atoms with Crippen LogP contribution in [-0.2, 0) is 6.54 Å². The molecule has 0 N–H and O–H groups in total. The van der Waals surface area contributed by atoms with E-state index in [2.05, 4.69) is 11.6 Å². The van der Waals surface area contributed by atoms with Crippen LogP contribution in [0.2, 0.25) is 0 Å². The van der Waals surface area contributed by atoms with E-state index in [0.717, 1.165) is 22.9 Å². The van der Waals surface area contributed by atoms with E-state index in [1.54, 1.807) is 0 Å². The third-order valence-electron chi connectivity index (χ3n) is 2.22. The molecule has 2 rings (SSSR count). The quantitative estimate of drug-likeness (QED) is 0.563. The lowest BCUT2D eigenvalue weighted by molar-refractivity contribution is 0.111. The largest absolute Gasteiger partial charge is 0.318 e. The zero-order valence-electron chi connectivity index (χ0n) is 8.60. The summed E-state index contributed by atoms with van der Waals surface area (Å²) in [6.45, 7) is 6.42. The van der Waals surface area contributed by atoms with E-state index < -0.39 is 0 Å². The van der Waals surface area contributed by atoms with Gasteiger partial charge < -0.3 is 4.57 Å². The number of aldehydes is 1. The van der Waals surface area contributed by atoms with Crippen LogP contribution in [0.4, 0.5) is 0 Å². The van der Waals surface area contributed by atoms with E-state index in [0.29, 0.717) is 12.4 Å². The third kappa shape index (κ3) is 1.68. The van der Waals surface area contributed by atoms with Gasteiger partial charge in [-0.15, -0.1) is 0 Å². The first-order valence-corrected chi connectivity index (χ1v) is 4.77. The summed E-state index contributed by atoms with van der Waals surface area (Å²) in [5, 5.41) is 0. The van der Waals surface area contributed by atoms with Gasteiger partial charge in [-0.2, -0.15) is 0 Å². The predicted octanol–water partition coefficient (Wildman–Crippen LogP) is 2.42. The normalized spacial score (nSPS) is 10.5. The number of benzene rings is 1. The zero-order valence-corrected chi connectivity index (χ0v) is 8.60. The summed E-state index contributed by atoms with van der Waals surface area (Å²) in [5.41, 5.74) is 2.82. The van der Waals surface area contributed by atoms with Crippen molar-refractivity contribution in [1.82, 2.24) is 9.55 Å². The molecule has 2 aromatic rings. The second-order valence-electron chi connectivity index (χ2n) is 3.62. The van der Waals surface area contributed by atoms with Crippen molar-refractivity contribution in [1.29, 1.82) is 0 Å². The van der Waals surface area contributed by atoms with E-state index >= 15 is 0 Å². The highest BCUT2D eigenvalue weighted by molar-refractivity contribution is 5.83. The molecule has 0 unspecified atom stereocenters. The molecule has 76 valence electrons. The highest BCUT2D eigenvalue weighted by Crippen LogP contribution is 2.16.